The van der Waals surface area contributed by atoms with Crippen molar-refractivity contribution in [2.24, 2.45) is 0 Å². The van der Waals surface area contributed by atoms with E-state index in [4.69, 9.17) is 0 Å². The lowest BCUT2D eigenvalue weighted by atomic mass is 10.0. The molecule has 1 aliphatic rings. The quantitative estimate of drug-likeness (QED) is 0.692. The summed E-state index contributed by atoms with van der Waals surface area (Å²) in [6, 6.07) is 16.4. The van der Waals surface area contributed by atoms with Crippen molar-refractivity contribution in [2.45, 2.75) is 50.0 Å². The van der Waals surface area contributed by atoms with Crippen LogP contribution in [-0.2, 0) is 6.42 Å². The molecule has 2 heteroatoms. The first-order chi connectivity index (χ1) is 9.84. The number of hydrogen-bond acceptors (Lipinski definition) is 2. The van der Waals surface area contributed by atoms with Crippen molar-refractivity contribution >= 4 is 11.8 Å². The minimum absolute atomic E-state index is 0.382. The molecule has 0 bridgehead atoms. The van der Waals surface area contributed by atoms with Crippen LogP contribution in [0.1, 0.15) is 44.9 Å². The van der Waals surface area contributed by atoms with Gasteiger partial charge in [0.05, 0.1) is 6.10 Å². The predicted octanol–water partition coefficient (Wildman–Crippen LogP) is 5.48. The minimum atomic E-state index is -0.382. The van der Waals surface area contributed by atoms with Crippen molar-refractivity contribution in [3.8, 4) is 0 Å². The second-order valence-corrected chi connectivity index (χ2v) is 5.05. The normalized spacial score (nSPS) is 15.3. The Hall–Kier alpha value is -1.25. The van der Waals surface area contributed by atoms with Gasteiger partial charge in [0.25, 0.3) is 0 Å². The zero-order chi connectivity index (χ0) is 15.0. The Labute approximate surface area is 127 Å². The van der Waals surface area contributed by atoms with Gasteiger partial charge in [-0.1, -0.05) is 75.9 Å². The van der Waals surface area contributed by atoms with Gasteiger partial charge in [0.2, 0.25) is 0 Å². The van der Waals surface area contributed by atoms with Gasteiger partial charge in [0, 0.05) is 16.2 Å². The van der Waals surface area contributed by atoms with Crippen LogP contribution in [0.5, 0.6) is 0 Å². The molecular formula is C18H24OS. The molecule has 0 spiro atoms. The molecule has 1 atom stereocenters. The van der Waals surface area contributed by atoms with E-state index in [-0.39, 0.29) is 6.10 Å². The fourth-order valence-corrected chi connectivity index (χ4v) is 3.19. The Bertz CT molecular complexity index is 522. The highest BCUT2D eigenvalue weighted by Gasteiger charge is 2.19. The maximum atomic E-state index is 10.2. The largest absolute Gasteiger partial charge is 0.388 e. The lowest BCUT2D eigenvalue weighted by Crippen LogP contribution is -2.00. The van der Waals surface area contributed by atoms with E-state index in [0.717, 1.165) is 5.56 Å². The summed E-state index contributed by atoms with van der Waals surface area (Å²) in [5.74, 6) is 0. The first kappa shape index (κ1) is 16.8. The van der Waals surface area contributed by atoms with Gasteiger partial charge in [-0.25, -0.2) is 0 Å². The third-order valence-electron chi connectivity index (χ3n) is 2.88. The van der Waals surface area contributed by atoms with E-state index in [1.807, 2.05) is 58.0 Å². The van der Waals surface area contributed by atoms with Crippen LogP contribution in [0.4, 0.5) is 0 Å². The second kappa shape index (κ2) is 8.83. The molecule has 108 valence electrons. The predicted molar refractivity (Wildman–Crippen MR) is 88.4 cm³/mol. The molecule has 3 rings (SSSR count). The van der Waals surface area contributed by atoms with Crippen molar-refractivity contribution in [2.75, 3.05) is 0 Å². The number of aliphatic hydroxyl groups is 1. The highest BCUT2D eigenvalue weighted by Crippen LogP contribution is 2.40. The van der Waals surface area contributed by atoms with Gasteiger partial charge in [-0.15, -0.1) is 0 Å². The Morgan fingerprint density at radius 1 is 0.850 bits per heavy atom. The standard InChI is InChI=1S/C14H12OS.2C2H6/c15-12-9-10-5-1-3-7-13(10)16-14-8-4-2-6-11(12)14;2*1-2/h1-8,12,15H,9H2;2*1-2H3. The van der Waals surface area contributed by atoms with Gasteiger partial charge in [-0.2, -0.15) is 0 Å². The monoisotopic (exact) mass is 288 g/mol. The second-order valence-electron chi connectivity index (χ2n) is 3.97. The molecular weight excluding hydrogens is 264 g/mol. The fraction of sp³-hybridized carbons (Fsp3) is 0.333. The molecule has 1 heterocycles. The van der Waals surface area contributed by atoms with Gasteiger partial charge >= 0.3 is 0 Å². The third-order valence-corrected chi connectivity index (χ3v) is 4.09. The average molecular weight is 288 g/mol. The molecule has 0 radical (unpaired) electrons. The first-order valence-electron chi connectivity index (χ1n) is 7.37. The zero-order valence-electron chi connectivity index (χ0n) is 12.8. The Morgan fingerprint density at radius 3 is 2.10 bits per heavy atom. The number of fused-ring (bicyclic) bond motifs is 2. The number of benzene rings is 2. The van der Waals surface area contributed by atoms with Crippen LogP contribution >= 0.6 is 11.8 Å². The van der Waals surface area contributed by atoms with Crippen molar-refractivity contribution in [1.82, 2.24) is 0 Å². The smallest absolute Gasteiger partial charge is 0.0841 e. The molecule has 0 aliphatic carbocycles. The number of rotatable bonds is 0. The van der Waals surface area contributed by atoms with Crippen molar-refractivity contribution in [1.29, 1.82) is 0 Å². The van der Waals surface area contributed by atoms with Gasteiger partial charge in [0.15, 0.2) is 0 Å². The lowest BCUT2D eigenvalue weighted by Gasteiger charge is -2.10. The van der Waals surface area contributed by atoms with Crippen molar-refractivity contribution in [3.05, 3.63) is 59.7 Å². The summed E-state index contributed by atoms with van der Waals surface area (Å²) >= 11 is 1.75. The molecule has 20 heavy (non-hydrogen) atoms. The molecule has 1 aliphatic heterocycles. The van der Waals surface area contributed by atoms with Crippen LogP contribution in [0.3, 0.4) is 0 Å². The van der Waals surface area contributed by atoms with E-state index >= 15 is 0 Å². The zero-order valence-corrected chi connectivity index (χ0v) is 13.6. The van der Waals surface area contributed by atoms with E-state index in [1.165, 1.54) is 15.4 Å². The van der Waals surface area contributed by atoms with Gasteiger partial charge in [0.1, 0.15) is 0 Å². The molecule has 0 aromatic heterocycles. The van der Waals surface area contributed by atoms with E-state index in [0.29, 0.717) is 6.42 Å². The van der Waals surface area contributed by atoms with E-state index in [2.05, 4.69) is 18.2 Å². The Kier molecular flexibility index (Phi) is 7.42. The van der Waals surface area contributed by atoms with Crippen LogP contribution in [0, 0.1) is 0 Å². The molecule has 0 saturated heterocycles. The summed E-state index contributed by atoms with van der Waals surface area (Å²) in [4.78, 5) is 2.42. The summed E-state index contributed by atoms with van der Waals surface area (Å²) in [7, 11) is 0. The molecule has 1 nitrogen and oxygen atoms in total. The molecule has 1 unspecified atom stereocenters. The minimum Gasteiger partial charge on any atom is -0.388 e. The van der Waals surface area contributed by atoms with Gasteiger partial charge < -0.3 is 5.11 Å². The first-order valence-corrected chi connectivity index (χ1v) is 8.19. The van der Waals surface area contributed by atoms with Gasteiger partial charge in [-0.05, 0) is 23.3 Å². The van der Waals surface area contributed by atoms with Crippen LogP contribution < -0.4 is 0 Å². The summed E-state index contributed by atoms with van der Waals surface area (Å²) in [6.07, 6.45) is 0.326. The van der Waals surface area contributed by atoms with E-state index in [1.54, 1.807) is 11.8 Å². The van der Waals surface area contributed by atoms with E-state index < -0.39 is 0 Å². The maximum Gasteiger partial charge on any atom is 0.0841 e. The molecule has 0 fully saturated rings. The summed E-state index contributed by atoms with van der Waals surface area (Å²) in [6.45, 7) is 8.00. The molecule has 2 aromatic rings. The highest BCUT2D eigenvalue weighted by molar-refractivity contribution is 7.99. The van der Waals surface area contributed by atoms with Crippen LogP contribution in [0.25, 0.3) is 0 Å². The van der Waals surface area contributed by atoms with E-state index in [9.17, 15) is 5.11 Å². The number of hydrogen-bond donors (Lipinski definition) is 1. The summed E-state index contributed by atoms with van der Waals surface area (Å²) in [5, 5.41) is 10.2. The van der Waals surface area contributed by atoms with Crippen LogP contribution in [0.2, 0.25) is 0 Å². The van der Waals surface area contributed by atoms with Gasteiger partial charge in [-0.3, -0.25) is 0 Å². The molecule has 0 amide bonds. The molecule has 0 saturated carbocycles. The highest BCUT2D eigenvalue weighted by atomic mass is 32.2. The Balaban J connectivity index is 0.000000461. The average Bonchev–Trinajstić information content (AvgIpc) is 2.67. The fourth-order valence-electron chi connectivity index (χ4n) is 2.06. The van der Waals surface area contributed by atoms with Crippen LogP contribution in [0.15, 0.2) is 58.3 Å². The third kappa shape index (κ3) is 3.87. The van der Waals surface area contributed by atoms with Crippen molar-refractivity contribution < 1.29 is 5.11 Å². The van der Waals surface area contributed by atoms with Crippen LogP contribution in [-0.4, -0.2) is 5.11 Å². The SMILES string of the molecule is CC.CC.OC1Cc2ccccc2Sc2ccccc21. The topological polar surface area (TPSA) is 20.2 Å². The molecule has 2 aromatic carbocycles. The number of aliphatic hydroxyl groups excluding tert-OH is 1. The summed E-state index contributed by atoms with van der Waals surface area (Å²) in [5.41, 5.74) is 2.28. The Morgan fingerprint density at radius 2 is 1.40 bits per heavy atom. The molecule has 1 N–H and O–H groups in total. The lowest BCUT2D eigenvalue weighted by molar-refractivity contribution is 0.175. The maximum absolute atomic E-state index is 10.2. The summed E-state index contributed by atoms with van der Waals surface area (Å²) < 4.78 is 0. The van der Waals surface area contributed by atoms with Crippen molar-refractivity contribution in [3.63, 3.8) is 0 Å².